The van der Waals surface area contributed by atoms with Gasteiger partial charge in [0.25, 0.3) is 0 Å². The summed E-state index contributed by atoms with van der Waals surface area (Å²) < 4.78 is 6.14. The fourth-order valence-electron chi connectivity index (χ4n) is 9.29. The number of anilines is 3. The second kappa shape index (κ2) is 14.8. The van der Waals surface area contributed by atoms with Crippen LogP contribution in [0.25, 0.3) is 98.8 Å². The Morgan fingerprint density at radius 1 is 0.242 bits per heavy atom. The van der Waals surface area contributed by atoms with Crippen LogP contribution in [-0.2, 0) is 0 Å². The van der Waals surface area contributed by atoms with E-state index in [2.05, 4.69) is 229 Å². The molecule has 0 amide bonds. The molecule has 0 bridgehead atoms. The van der Waals surface area contributed by atoms with Gasteiger partial charge in [0, 0.05) is 27.8 Å². The first kappa shape index (κ1) is 35.7. The summed E-state index contributed by atoms with van der Waals surface area (Å²) >= 11 is 0. The standard InChI is InChI=1S/C60H39NO/c1-2-11-45-38-48(20-19-40(45)9-1)47-13-7-12-46(37-47)41-21-29-50(30-22-41)61(51-31-23-42(24-32-51)49-28-36-60-58(39-49)57-15-5-6-18-59(57)62-60)52-33-25-44(26-34-52)54-16-8-17-55-53-14-4-3-10-43(53)27-35-56(54)55/h1-39H. The Balaban J connectivity index is 0.915. The zero-order valence-corrected chi connectivity index (χ0v) is 33.9. The van der Waals surface area contributed by atoms with Crippen LogP contribution >= 0.6 is 0 Å². The highest BCUT2D eigenvalue weighted by atomic mass is 16.3. The molecule has 11 aromatic carbocycles. The molecule has 0 aliphatic carbocycles. The Morgan fingerprint density at radius 3 is 1.48 bits per heavy atom. The molecule has 1 heterocycles. The quantitative estimate of drug-likeness (QED) is 0.150. The van der Waals surface area contributed by atoms with E-state index in [4.69, 9.17) is 4.42 Å². The van der Waals surface area contributed by atoms with Gasteiger partial charge in [-0.1, -0.05) is 170 Å². The molecular weight excluding hydrogens is 751 g/mol. The van der Waals surface area contributed by atoms with Gasteiger partial charge in [0.1, 0.15) is 11.2 Å². The Bertz CT molecular complexity index is 3620. The van der Waals surface area contributed by atoms with E-state index in [1.807, 2.05) is 12.1 Å². The van der Waals surface area contributed by atoms with Crippen LogP contribution in [0.4, 0.5) is 17.1 Å². The van der Waals surface area contributed by atoms with Crippen molar-refractivity contribution >= 4 is 71.3 Å². The lowest BCUT2D eigenvalue weighted by Crippen LogP contribution is -2.09. The van der Waals surface area contributed by atoms with E-state index in [1.54, 1.807) is 0 Å². The van der Waals surface area contributed by atoms with Gasteiger partial charge in [-0.3, -0.25) is 0 Å². The van der Waals surface area contributed by atoms with E-state index in [0.29, 0.717) is 0 Å². The third kappa shape index (κ3) is 6.29. The Kier molecular flexibility index (Phi) is 8.53. The van der Waals surface area contributed by atoms with Crippen LogP contribution in [0.1, 0.15) is 0 Å². The monoisotopic (exact) mass is 789 g/mol. The lowest BCUT2D eigenvalue weighted by Gasteiger charge is -2.26. The third-order valence-corrected chi connectivity index (χ3v) is 12.5. The first-order valence-electron chi connectivity index (χ1n) is 21.2. The van der Waals surface area contributed by atoms with Crippen molar-refractivity contribution in [1.82, 2.24) is 0 Å². The van der Waals surface area contributed by atoms with Crippen molar-refractivity contribution in [3.63, 3.8) is 0 Å². The van der Waals surface area contributed by atoms with Crippen LogP contribution in [0.5, 0.6) is 0 Å². The summed E-state index contributed by atoms with van der Waals surface area (Å²) in [6.45, 7) is 0. The maximum Gasteiger partial charge on any atom is 0.135 e. The molecule has 0 fully saturated rings. The number of rotatable bonds is 7. The molecule has 12 aromatic rings. The van der Waals surface area contributed by atoms with Crippen molar-refractivity contribution in [2.75, 3.05) is 4.90 Å². The minimum absolute atomic E-state index is 0.905. The van der Waals surface area contributed by atoms with Gasteiger partial charge >= 0.3 is 0 Å². The van der Waals surface area contributed by atoms with E-state index >= 15 is 0 Å². The van der Waals surface area contributed by atoms with Crippen molar-refractivity contribution < 1.29 is 4.42 Å². The molecular formula is C60H39NO. The number of nitrogens with zero attached hydrogens (tertiary/aromatic N) is 1. The highest BCUT2D eigenvalue weighted by Gasteiger charge is 2.16. The molecule has 0 aliphatic rings. The second-order valence-electron chi connectivity index (χ2n) is 16.1. The molecule has 2 heteroatoms. The average Bonchev–Trinajstić information content (AvgIpc) is 3.72. The van der Waals surface area contributed by atoms with Crippen LogP contribution in [0.2, 0.25) is 0 Å². The largest absolute Gasteiger partial charge is 0.456 e. The van der Waals surface area contributed by atoms with Gasteiger partial charge in [-0.15, -0.1) is 0 Å². The fraction of sp³-hybridized carbons (Fsp3) is 0. The summed E-state index contributed by atoms with van der Waals surface area (Å²) in [5.41, 5.74) is 14.6. The first-order chi connectivity index (χ1) is 30.7. The van der Waals surface area contributed by atoms with E-state index < -0.39 is 0 Å². The van der Waals surface area contributed by atoms with Crippen molar-refractivity contribution in [2.24, 2.45) is 0 Å². The first-order valence-corrected chi connectivity index (χ1v) is 21.2. The normalized spacial score (nSPS) is 11.5. The van der Waals surface area contributed by atoms with Gasteiger partial charge < -0.3 is 9.32 Å². The van der Waals surface area contributed by atoms with Crippen molar-refractivity contribution in [1.29, 1.82) is 0 Å². The van der Waals surface area contributed by atoms with Gasteiger partial charge in [0.15, 0.2) is 0 Å². The molecule has 0 radical (unpaired) electrons. The Morgan fingerprint density at radius 2 is 0.742 bits per heavy atom. The molecule has 0 spiro atoms. The minimum Gasteiger partial charge on any atom is -0.456 e. The zero-order valence-electron chi connectivity index (χ0n) is 33.9. The van der Waals surface area contributed by atoms with E-state index in [0.717, 1.165) is 50.1 Å². The lowest BCUT2D eigenvalue weighted by molar-refractivity contribution is 0.669. The number of hydrogen-bond donors (Lipinski definition) is 0. The van der Waals surface area contributed by atoms with Crippen LogP contribution in [-0.4, -0.2) is 0 Å². The molecule has 0 unspecified atom stereocenters. The van der Waals surface area contributed by atoms with Crippen molar-refractivity contribution in [2.45, 2.75) is 0 Å². The predicted molar refractivity (Wildman–Crippen MR) is 263 cm³/mol. The molecule has 0 N–H and O–H groups in total. The minimum atomic E-state index is 0.905. The predicted octanol–water partition coefficient (Wildman–Crippen LogP) is 17.2. The zero-order chi connectivity index (χ0) is 41.0. The maximum atomic E-state index is 6.14. The molecule has 0 aliphatic heterocycles. The van der Waals surface area contributed by atoms with Gasteiger partial charge in [0.05, 0.1) is 0 Å². The van der Waals surface area contributed by atoms with Gasteiger partial charge in [-0.2, -0.15) is 0 Å². The summed E-state index contributed by atoms with van der Waals surface area (Å²) in [6, 6.07) is 85.6. The Hall–Kier alpha value is -8.20. The topological polar surface area (TPSA) is 16.4 Å². The summed E-state index contributed by atoms with van der Waals surface area (Å²) in [7, 11) is 0. The summed E-state index contributed by atoms with van der Waals surface area (Å²) in [5.74, 6) is 0. The summed E-state index contributed by atoms with van der Waals surface area (Å²) in [6.07, 6.45) is 0. The smallest absolute Gasteiger partial charge is 0.135 e. The SMILES string of the molecule is c1cc(-c2ccc(N(c3ccc(-c4ccc5oc6ccccc6c5c4)cc3)c3ccc(-c4cccc5c4ccc4ccccc45)cc3)cc2)cc(-c2ccc3ccccc3c2)c1. The van der Waals surface area contributed by atoms with Crippen LogP contribution in [0.3, 0.4) is 0 Å². The van der Waals surface area contributed by atoms with Gasteiger partial charge in [-0.05, 0) is 144 Å². The van der Waals surface area contributed by atoms with E-state index in [9.17, 15) is 0 Å². The fourth-order valence-corrected chi connectivity index (χ4v) is 9.29. The molecule has 12 rings (SSSR count). The van der Waals surface area contributed by atoms with Crippen molar-refractivity contribution in [3.05, 3.63) is 237 Å². The Labute approximate surface area is 360 Å². The number of hydrogen-bond acceptors (Lipinski definition) is 2. The van der Waals surface area contributed by atoms with Crippen LogP contribution in [0, 0.1) is 0 Å². The number of benzene rings is 11. The number of fused-ring (bicyclic) bond motifs is 7. The van der Waals surface area contributed by atoms with Crippen molar-refractivity contribution in [3.8, 4) is 44.5 Å². The van der Waals surface area contributed by atoms with Crippen LogP contribution < -0.4 is 4.90 Å². The maximum absolute atomic E-state index is 6.14. The van der Waals surface area contributed by atoms with Gasteiger partial charge in [0.2, 0.25) is 0 Å². The number of para-hydroxylation sites is 1. The molecule has 62 heavy (non-hydrogen) atoms. The highest BCUT2D eigenvalue weighted by Crippen LogP contribution is 2.40. The second-order valence-corrected chi connectivity index (χ2v) is 16.1. The lowest BCUT2D eigenvalue weighted by atomic mass is 9.94. The molecule has 290 valence electrons. The molecule has 0 saturated heterocycles. The molecule has 1 aromatic heterocycles. The summed E-state index contributed by atoms with van der Waals surface area (Å²) in [4.78, 5) is 2.35. The molecule has 0 saturated carbocycles. The molecule has 2 nitrogen and oxygen atoms in total. The average molecular weight is 790 g/mol. The van der Waals surface area contributed by atoms with Gasteiger partial charge in [-0.25, -0.2) is 0 Å². The number of furan rings is 1. The van der Waals surface area contributed by atoms with Crippen LogP contribution in [0.15, 0.2) is 241 Å². The molecule has 0 atom stereocenters. The van der Waals surface area contributed by atoms with E-state index in [-0.39, 0.29) is 0 Å². The summed E-state index contributed by atoms with van der Waals surface area (Å²) in [5, 5.41) is 9.83. The highest BCUT2D eigenvalue weighted by molar-refractivity contribution is 6.12. The van der Waals surface area contributed by atoms with E-state index in [1.165, 1.54) is 65.7 Å². The third-order valence-electron chi connectivity index (χ3n) is 12.5.